The van der Waals surface area contributed by atoms with Gasteiger partial charge in [0, 0.05) is 41.8 Å². The molecule has 0 saturated heterocycles. The summed E-state index contributed by atoms with van der Waals surface area (Å²) in [6.45, 7) is 1.96. The maximum Gasteiger partial charge on any atom is 0.131 e. The van der Waals surface area contributed by atoms with Crippen LogP contribution in [0.3, 0.4) is 0 Å². The van der Waals surface area contributed by atoms with Crippen molar-refractivity contribution in [2.24, 2.45) is 0 Å². The van der Waals surface area contributed by atoms with Crippen molar-refractivity contribution in [1.82, 2.24) is 9.47 Å². The van der Waals surface area contributed by atoms with Crippen molar-refractivity contribution in [3.8, 4) is 11.1 Å². The molecule has 3 heteroatoms. The Morgan fingerprint density at radius 2 is 1.73 bits per heavy atom. The Kier molecular flexibility index (Phi) is 5.07. The van der Waals surface area contributed by atoms with Crippen LogP contribution >= 0.6 is 0 Å². The van der Waals surface area contributed by atoms with Crippen LogP contribution < -0.4 is 0 Å². The molecule has 0 radical (unpaired) electrons. The van der Waals surface area contributed by atoms with Gasteiger partial charge in [0.25, 0.3) is 0 Å². The number of aromatic nitrogens is 1. The lowest BCUT2D eigenvalue weighted by molar-refractivity contribution is 0.186. The molecule has 0 spiro atoms. The number of hydrogen-bond donors (Lipinski definition) is 0. The molecular formula is C23H27FN2. The highest BCUT2D eigenvalue weighted by molar-refractivity contribution is 5.94. The lowest BCUT2D eigenvalue weighted by Crippen LogP contribution is -2.35. The number of halogens is 1. The Balaban J connectivity index is 1.61. The Bertz CT molecular complexity index is 877. The van der Waals surface area contributed by atoms with Gasteiger partial charge >= 0.3 is 0 Å². The average molecular weight is 350 g/mol. The first-order chi connectivity index (χ1) is 12.7. The minimum atomic E-state index is -0.160. The lowest BCUT2D eigenvalue weighted by Gasteiger charge is -2.31. The van der Waals surface area contributed by atoms with Crippen LogP contribution in [0.5, 0.6) is 0 Å². The molecule has 1 heterocycles. The highest BCUT2D eigenvalue weighted by Gasteiger charge is 2.18. The molecule has 4 rings (SSSR count). The van der Waals surface area contributed by atoms with E-state index in [1.165, 1.54) is 43.6 Å². The fraction of sp³-hybridized carbons (Fsp3) is 0.391. The molecular weight excluding hydrogens is 323 g/mol. The molecule has 2 nitrogen and oxygen atoms in total. The third kappa shape index (κ3) is 3.41. The number of likely N-dealkylation sites (N-methyl/N-ethyl adjacent to an activating group) is 1. The molecule has 26 heavy (non-hydrogen) atoms. The first kappa shape index (κ1) is 17.3. The second kappa shape index (κ2) is 7.63. The second-order valence-electron chi connectivity index (χ2n) is 7.50. The summed E-state index contributed by atoms with van der Waals surface area (Å²) in [6.07, 6.45) is 8.90. The minimum Gasteiger partial charge on any atom is -0.346 e. The predicted octanol–water partition coefficient (Wildman–Crippen LogP) is 5.71. The number of fused-ring (bicyclic) bond motifs is 1. The van der Waals surface area contributed by atoms with Gasteiger partial charge in [0.15, 0.2) is 0 Å². The van der Waals surface area contributed by atoms with E-state index >= 15 is 0 Å². The van der Waals surface area contributed by atoms with E-state index in [4.69, 9.17) is 0 Å². The van der Waals surface area contributed by atoms with Crippen LogP contribution in [0.2, 0.25) is 0 Å². The normalized spacial score (nSPS) is 15.8. The molecule has 3 aromatic rings. The van der Waals surface area contributed by atoms with Gasteiger partial charge in [-0.1, -0.05) is 55.7 Å². The van der Waals surface area contributed by atoms with E-state index < -0.39 is 0 Å². The molecule has 1 aliphatic carbocycles. The van der Waals surface area contributed by atoms with Gasteiger partial charge in [-0.15, -0.1) is 0 Å². The molecule has 1 aromatic heterocycles. The minimum absolute atomic E-state index is 0.160. The van der Waals surface area contributed by atoms with E-state index in [0.717, 1.165) is 30.2 Å². The molecule has 136 valence electrons. The summed E-state index contributed by atoms with van der Waals surface area (Å²) >= 11 is 0. The van der Waals surface area contributed by atoms with E-state index in [2.05, 4.69) is 34.8 Å². The third-order valence-corrected chi connectivity index (χ3v) is 5.84. The van der Waals surface area contributed by atoms with Crippen molar-refractivity contribution in [3.05, 3.63) is 60.5 Å². The fourth-order valence-electron chi connectivity index (χ4n) is 4.31. The number of para-hydroxylation sites is 1. The van der Waals surface area contributed by atoms with Gasteiger partial charge in [-0.3, -0.25) is 0 Å². The molecule has 0 aliphatic heterocycles. The van der Waals surface area contributed by atoms with Crippen LogP contribution in [0.4, 0.5) is 4.39 Å². The van der Waals surface area contributed by atoms with Crippen molar-refractivity contribution < 1.29 is 4.39 Å². The largest absolute Gasteiger partial charge is 0.346 e. The highest BCUT2D eigenvalue weighted by Crippen LogP contribution is 2.31. The maximum atomic E-state index is 14.4. The van der Waals surface area contributed by atoms with E-state index in [1.54, 1.807) is 6.07 Å². The van der Waals surface area contributed by atoms with Crippen molar-refractivity contribution in [2.75, 3.05) is 13.6 Å². The van der Waals surface area contributed by atoms with E-state index in [1.807, 2.05) is 24.3 Å². The summed E-state index contributed by atoms with van der Waals surface area (Å²) < 4.78 is 16.7. The van der Waals surface area contributed by atoms with Gasteiger partial charge in [-0.05, 0) is 32.0 Å². The number of rotatable bonds is 5. The first-order valence-electron chi connectivity index (χ1n) is 9.77. The van der Waals surface area contributed by atoms with Crippen molar-refractivity contribution in [1.29, 1.82) is 0 Å². The molecule has 0 unspecified atom stereocenters. The Labute approximate surface area is 155 Å². The Morgan fingerprint density at radius 1 is 0.962 bits per heavy atom. The summed E-state index contributed by atoms with van der Waals surface area (Å²) in [4.78, 5) is 2.51. The Hall–Kier alpha value is -2.13. The lowest BCUT2D eigenvalue weighted by atomic mass is 9.94. The zero-order chi connectivity index (χ0) is 17.9. The van der Waals surface area contributed by atoms with Crippen molar-refractivity contribution in [3.63, 3.8) is 0 Å². The number of hydrogen-bond acceptors (Lipinski definition) is 1. The zero-order valence-corrected chi connectivity index (χ0v) is 15.5. The summed E-state index contributed by atoms with van der Waals surface area (Å²) in [5.41, 5.74) is 2.79. The third-order valence-electron chi connectivity index (χ3n) is 5.84. The Morgan fingerprint density at radius 3 is 2.54 bits per heavy atom. The predicted molar refractivity (Wildman–Crippen MR) is 107 cm³/mol. The van der Waals surface area contributed by atoms with E-state index in [0.29, 0.717) is 5.56 Å². The highest BCUT2D eigenvalue weighted by atomic mass is 19.1. The maximum absolute atomic E-state index is 14.4. The fourth-order valence-corrected chi connectivity index (χ4v) is 4.31. The summed E-state index contributed by atoms with van der Waals surface area (Å²) in [5.74, 6) is -0.160. The van der Waals surface area contributed by atoms with Gasteiger partial charge in [0.1, 0.15) is 5.82 Å². The van der Waals surface area contributed by atoms with Gasteiger partial charge < -0.3 is 9.47 Å². The monoisotopic (exact) mass is 350 g/mol. The summed E-state index contributed by atoms with van der Waals surface area (Å²) in [5, 5.41) is 1.17. The molecule has 0 amide bonds. The molecule has 2 aromatic carbocycles. The molecule has 0 bridgehead atoms. The SMILES string of the molecule is CN(CCn1ccc2cccc(-c3ccccc3F)c21)C1CCCCC1. The summed E-state index contributed by atoms with van der Waals surface area (Å²) in [6, 6.07) is 16.1. The van der Waals surface area contributed by atoms with Gasteiger partial charge in [-0.25, -0.2) is 4.39 Å². The molecule has 1 saturated carbocycles. The molecule has 1 aliphatic rings. The topological polar surface area (TPSA) is 8.17 Å². The van der Waals surface area contributed by atoms with Crippen molar-refractivity contribution >= 4 is 10.9 Å². The molecule has 0 N–H and O–H groups in total. The summed E-state index contributed by atoms with van der Waals surface area (Å²) in [7, 11) is 2.25. The van der Waals surface area contributed by atoms with Crippen LogP contribution in [0.1, 0.15) is 32.1 Å². The smallest absolute Gasteiger partial charge is 0.131 e. The van der Waals surface area contributed by atoms with Gasteiger partial charge in [0.2, 0.25) is 0 Å². The average Bonchev–Trinajstić information content (AvgIpc) is 3.10. The molecule has 1 fully saturated rings. The van der Waals surface area contributed by atoms with Gasteiger partial charge in [0.05, 0.1) is 5.52 Å². The standard InChI is InChI=1S/C23H27FN2/c1-25(19-9-3-2-4-10-19)16-17-26-15-14-18-8-7-12-21(23(18)26)20-11-5-6-13-22(20)24/h5-8,11-15,19H,2-4,9-10,16-17H2,1H3. The first-order valence-corrected chi connectivity index (χ1v) is 9.77. The quantitative estimate of drug-likeness (QED) is 0.572. The molecule has 0 atom stereocenters. The second-order valence-corrected chi connectivity index (χ2v) is 7.50. The van der Waals surface area contributed by atoms with Crippen LogP contribution in [-0.2, 0) is 6.54 Å². The number of benzene rings is 2. The number of nitrogens with zero attached hydrogens (tertiary/aromatic N) is 2. The van der Waals surface area contributed by atoms with Crippen LogP contribution in [0.15, 0.2) is 54.7 Å². The van der Waals surface area contributed by atoms with E-state index in [9.17, 15) is 4.39 Å². The van der Waals surface area contributed by atoms with Crippen LogP contribution in [0.25, 0.3) is 22.0 Å². The van der Waals surface area contributed by atoms with Crippen LogP contribution in [-0.4, -0.2) is 29.1 Å². The van der Waals surface area contributed by atoms with Crippen molar-refractivity contribution in [2.45, 2.75) is 44.7 Å². The van der Waals surface area contributed by atoms with Gasteiger partial charge in [-0.2, -0.15) is 0 Å². The zero-order valence-electron chi connectivity index (χ0n) is 15.5. The van der Waals surface area contributed by atoms with E-state index in [-0.39, 0.29) is 5.82 Å². The van der Waals surface area contributed by atoms with Crippen LogP contribution in [0, 0.1) is 5.82 Å².